The molecule has 1 atom stereocenters. The molecule has 0 N–H and O–H groups in total. The Morgan fingerprint density at radius 1 is 1.50 bits per heavy atom. The van der Waals surface area contributed by atoms with Crippen LogP contribution in [-0.2, 0) is 4.74 Å². The minimum atomic E-state index is -0.277. The summed E-state index contributed by atoms with van der Waals surface area (Å²) in [6, 6.07) is 0. The van der Waals surface area contributed by atoms with Gasteiger partial charge in [0.2, 0.25) is 0 Å². The maximum Gasteiger partial charge on any atom is 0.413 e. The van der Waals surface area contributed by atoms with Gasteiger partial charge in [0.05, 0.1) is 7.11 Å². The summed E-state index contributed by atoms with van der Waals surface area (Å²) in [5.41, 5.74) is 1.44. The van der Waals surface area contributed by atoms with Crippen LogP contribution in [0.3, 0.4) is 0 Å². The third kappa shape index (κ3) is 3.00. The maximum atomic E-state index is 11.4. The maximum absolute atomic E-state index is 11.4. The number of hydrogen-bond donors (Lipinski definition) is 0. The first-order valence-electron chi connectivity index (χ1n) is 5.87. The zero-order chi connectivity index (χ0) is 12.3. The second-order valence-corrected chi connectivity index (χ2v) is 5.56. The van der Waals surface area contributed by atoms with Crippen LogP contribution >= 0.6 is 0 Å². The summed E-state index contributed by atoms with van der Waals surface area (Å²) in [4.78, 5) is 13.0. The van der Waals surface area contributed by atoms with Gasteiger partial charge in [0, 0.05) is 12.7 Å². The molecule has 1 aliphatic carbocycles. The quantitative estimate of drug-likeness (QED) is 0.684. The fraction of sp³-hybridized carbons (Fsp3) is 0.769. The van der Waals surface area contributed by atoms with E-state index in [0.717, 1.165) is 25.0 Å². The summed E-state index contributed by atoms with van der Waals surface area (Å²) in [7, 11) is 3.19. The molecular weight excluding hydrogens is 202 g/mol. The summed E-state index contributed by atoms with van der Waals surface area (Å²) in [5.74, 6) is 0.710. The van der Waals surface area contributed by atoms with Crippen molar-refractivity contribution in [1.29, 1.82) is 0 Å². The molecule has 0 aliphatic heterocycles. The van der Waals surface area contributed by atoms with E-state index < -0.39 is 0 Å². The molecule has 16 heavy (non-hydrogen) atoms. The lowest BCUT2D eigenvalue weighted by molar-refractivity contribution is 0.139. The minimum absolute atomic E-state index is 0.277. The number of carbonyl (C=O) groups is 1. The molecule has 0 heterocycles. The number of methoxy groups -OCH3 is 1. The van der Waals surface area contributed by atoms with Gasteiger partial charge in [0.25, 0.3) is 0 Å². The van der Waals surface area contributed by atoms with Crippen LogP contribution in [0.2, 0.25) is 0 Å². The molecule has 0 spiro atoms. The van der Waals surface area contributed by atoms with Crippen LogP contribution in [0.5, 0.6) is 0 Å². The van der Waals surface area contributed by atoms with Gasteiger partial charge in [-0.05, 0) is 30.6 Å². The van der Waals surface area contributed by atoms with Crippen molar-refractivity contribution in [2.24, 2.45) is 11.3 Å². The van der Waals surface area contributed by atoms with Gasteiger partial charge >= 0.3 is 6.09 Å². The highest BCUT2D eigenvalue weighted by Gasteiger charge is 2.27. The standard InChI is InChI=1S/C13H23NO2/c1-13(2,3)10-6-8-11(9-7-10)14(4)12(15)16-5/h8,10H,6-7,9H2,1-5H3/t10-/m1/s1. The van der Waals surface area contributed by atoms with Gasteiger partial charge in [-0.2, -0.15) is 0 Å². The van der Waals surface area contributed by atoms with E-state index in [0.29, 0.717) is 11.3 Å². The van der Waals surface area contributed by atoms with Gasteiger partial charge in [-0.25, -0.2) is 4.79 Å². The second-order valence-electron chi connectivity index (χ2n) is 5.56. The largest absolute Gasteiger partial charge is 0.452 e. The smallest absolute Gasteiger partial charge is 0.413 e. The molecule has 0 saturated heterocycles. The van der Waals surface area contributed by atoms with Gasteiger partial charge in [0.1, 0.15) is 0 Å². The van der Waals surface area contributed by atoms with Crippen LogP contribution in [0.4, 0.5) is 4.79 Å². The molecular formula is C13H23NO2. The molecule has 0 aromatic carbocycles. The van der Waals surface area contributed by atoms with E-state index in [9.17, 15) is 4.79 Å². The Balaban J connectivity index is 2.63. The molecule has 0 unspecified atom stereocenters. The van der Waals surface area contributed by atoms with Crippen molar-refractivity contribution < 1.29 is 9.53 Å². The molecule has 0 fully saturated rings. The van der Waals surface area contributed by atoms with Crippen molar-refractivity contribution >= 4 is 6.09 Å². The molecule has 92 valence electrons. The van der Waals surface area contributed by atoms with Crippen LogP contribution < -0.4 is 0 Å². The number of rotatable bonds is 1. The number of ether oxygens (including phenoxy) is 1. The van der Waals surface area contributed by atoms with E-state index in [4.69, 9.17) is 4.74 Å². The zero-order valence-electron chi connectivity index (χ0n) is 11.0. The van der Waals surface area contributed by atoms with E-state index in [2.05, 4.69) is 26.8 Å². The third-order valence-electron chi connectivity index (χ3n) is 3.49. The molecule has 0 bridgehead atoms. The monoisotopic (exact) mass is 225 g/mol. The van der Waals surface area contributed by atoms with E-state index in [-0.39, 0.29) is 6.09 Å². The Bertz CT molecular complexity index is 289. The van der Waals surface area contributed by atoms with E-state index >= 15 is 0 Å². The predicted molar refractivity (Wildman–Crippen MR) is 65.0 cm³/mol. The van der Waals surface area contributed by atoms with Gasteiger partial charge in [-0.3, -0.25) is 4.90 Å². The van der Waals surface area contributed by atoms with Crippen LogP contribution in [0, 0.1) is 11.3 Å². The first-order chi connectivity index (χ1) is 7.36. The SMILES string of the molecule is COC(=O)N(C)C1=CC[C@@H](C(C)(C)C)CC1. The lowest BCUT2D eigenvalue weighted by Gasteiger charge is -2.34. The molecule has 0 aromatic heterocycles. The number of carbonyl (C=O) groups excluding carboxylic acids is 1. The topological polar surface area (TPSA) is 29.5 Å². The molecule has 1 amide bonds. The Morgan fingerprint density at radius 2 is 2.12 bits per heavy atom. The number of allylic oxidation sites excluding steroid dienone is 2. The molecule has 3 nitrogen and oxygen atoms in total. The first-order valence-corrected chi connectivity index (χ1v) is 5.87. The summed E-state index contributed by atoms with van der Waals surface area (Å²) in [6.07, 6.45) is 5.07. The normalized spacial score (nSPS) is 21.3. The van der Waals surface area contributed by atoms with Crippen molar-refractivity contribution in [2.75, 3.05) is 14.2 Å². The van der Waals surface area contributed by atoms with Gasteiger partial charge < -0.3 is 4.74 Å². The Labute approximate surface area is 98.5 Å². The zero-order valence-corrected chi connectivity index (χ0v) is 11.0. The number of hydrogen-bond acceptors (Lipinski definition) is 2. The van der Waals surface area contributed by atoms with Crippen molar-refractivity contribution in [1.82, 2.24) is 4.90 Å². The molecule has 0 aromatic rings. The van der Waals surface area contributed by atoms with Crippen LogP contribution in [0.1, 0.15) is 40.0 Å². The summed E-state index contributed by atoms with van der Waals surface area (Å²) >= 11 is 0. The van der Waals surface area contributed by atoms with E-state index in [1.165, 1.54) is 7.11 Å². The van der Waals surface area contributed by atoms with Crippen molar-refractivity contribution in [3.63, 3.8) is 0 Å². The highest BCUT2D eigenvalue weighted by molar-refractivity contribution is 5.69. The van der Waals surface area contributed by atoms with Gasteiger partial charge in [0.15, 0.2) is 0 Å². The minimum Gasteiger partial charge on any atom is -0.452 e. The van der Waals surface area contributed by atoms with Gasteiger partial charge in [-0.1, -0.05) is 26.8 Å². The van der Waals surface area contributed by atoms with E-state index in [1.54, 1.807) is 11.9 Å². The molecule has 1 rings (SSSR count). The van der Waals surface area contributed by atoms with Gasteiger partial charge in [-0.15, -0.1) is 0 Å². The lowest BCUT2D eigenvalue weighted by Crippen LogP contribution is -2.30. The highest BCUT2D eigenvalue weighted by Crippen LogP contribution is 2.37. The predicted octanol–water partition coefficient (Wildman–Crippen LogP) is 3.41. The summed E-state index contributed by atoms with van der Waals surface area (Å²) in [6.45, 7) is 6.83. The molecule has 3 heteroatoms. The fourth-order valence-corrected chi connectivity index (χ4v) is 2.17. The van der Waals surface area contributed by atoms with Crippen LogP contribution in [-0.4, -0.2) is 25.2 Å². The summed E-state index contributed by atoms with van der Waals surface area (Å²) < 4.78 is 4.71. The third-order valence-corrected chi connectivity index (χ3v) is 3.49. The van der Waals surface area contributed by atoms with Crippen LogP contribution in [0.25, 0.3) is 0 Å². The Kier molecular flexibility index (Phi) is 4.00. The Hall–Kier alpha value is -0.990. The molecule has 0 radical (unpaired) electrons. The van der Waals surface area contributed by atoms with Crippen molar-refractivity contribution in [3.8, 4) is 0 Å². The summed E-state index contributed by atoms with van der Waals surface area (Å²) in [5, 5.41) is 0. The molecule has 0 saturated carbocycles. The second kappa shape index (κ2) is 4.89. The lowest BCUT2D eigenvalue weighted by atomic mass is 9.74. The molecule has 1 aliphatic rings. The average molecular weight is 225 g/mol. The number of amides is 1. The first kappa shape index (κ1) is 13.1. The van der Waals surface area contributed by atoms with E-state index in [1.807, 2.05) is 0 Å². The number of nitrogens with zero attached hydrogens (tertiary/aromatic N) is 1. The Morgan fingerprint density at radius 3 is 2.50 bits per heavy atom. The average Bonchev–Trinajstić information content (AvgIpc) is 2.26. The fourth-order valence-electron chi connectivity index (χ4n) is 2.17. The highest BCUT2D eigenvalue weighted by atomic mass is 16.5. The van der Waals surface area contributed by atoms with Crippen molar-refractivity contribution in [2.45, 2.75) is 40.0 Å². The van der Waals surface area contributed by atoms with Crippen molar-refractivity contribution in [3.05, 3.63) is 11.8 Å². The van der Waals surface area contributed by atoms with Crippen LogP contribution in [0.15, 0.2) is 11.8 Å².